The van der Waals surface area contributed by atoms with E-state index in [1.807, 2.05) is 13.8 Å². The Bertz CT molecular complexity index is 54.2. The molecule has 0 saturated heterocycles. The highest BCUT2D eigenvalue weighted by Gasteiger charge is 2.05. The van der Waals surface area contributed by atoms with Gasteiger partial charge in [0.05, 0.1) is 13.2 Å². The second-order valence-electron chi connectivity index (χ2n) is 1.24. The first-order chi connectivity index (χ1) is 4.35. The van der Waals surface area contributed by atoms with E-state index >= 15 is 0 Å². The molecule has 0 bridgehead atoms. The first-order valence-corrected chi connectivity index (χ1v) is 4.04. The summed E-state index contributed by atoms with van der Waals surface area (Å²) >= 11 is 0. The van der Waals surface area contributed by atoms with Gasteiger partial charge in [-0.05, 0) is 13.8 Å². The molecule has 0 atom stereocenters. The second-order valence-corrected chi connectivity index (χ2v) is 2.57. The standard InChI is InChI=1S/C5H13O3P/c1-4-7-9(6-3)8-5-2/h4-5H2,1-3H3. The lowest BCUT2D eigenvalue weighted by Gasteiger charge is -2.10. The largest absolute Gasteiger partial charge is 0.332 e. The van der Waals surface area contributed by atoms with Crippen molar-refractivity contribution in [2.75, 3.05) is 20.3 Å². The van der Waals surface area contributed by atoms with Crippen molar-refractivity contribution in [3.8, 4) is 0 Å². The molecule has 0 aliphatic rings. The Morgan fingerprint density at radius 3 is 1.78 bits per heavy atom. The van der Waals surface area contributed by atoms with E-state index in [0.717, 1.165) is 0 Å². The summed E-state index contributed by atoms with van der Waals surface area (Å²) in [5.41, 5.74) is 0. The van der Waals surface area contributed by atoms with Crippen LogP contribution in [0.4, 0.5) is 0 Å². The monoisotopic (exact) mass is 152 g/mol. The molecule has 0 aliphatic carbocycles. The first-order valence-electron chi connectivity index (χ1n) is 2.95. The SMILES string of the molecule is CCOP(OC)OCC. The zero-order valence-corrected chi connectivity index (χ0v) is 6.98. The summed E-state index contributed by atoms with van der Waals surface area (Å²) in [6.07, 6.45) is 0. The van der Waals surface area contributed by atoms with E-state index in [4.69, 9.17) is 13.6 Å². The van der Waals surface area contributed by atoms with E-state index in [9.17, 15) is 0 Å². The lowest BCUT2D eigenvalue weighted by atomic mass is 10.9. The minimum absolute atomic E-state index is 0.638. The third kappa shape index (κ3) is 4.79. The topological polar surface area (TPSA) is 27.7 Å². The Labute approximate surface area is 57.3 Å². The molecular formula is C5H13O3P. The number of rotatable bonds is 5. The summed E-state index contributed by atoms with van der Waals surface area (Å²) in [6, 6.07) is 0. The molecule has 0 radical (unpaired) electrons. The van der Waals surface area contributed by atoms with E-state index in [-0.39, 0.29) is 0 Å². The number of hydrogen-bond donors (Lipinski definition) is 0. The smallest absolute Gasteiger partial charge is 0.316 e. The Balaban J connectivity index is 3.18. The van der Waals surface area contributed by atoms with Crippen LogP contribution in [0.3, 0.4) is 0 Å². The van der Waals surface area contributed by atoms with Crippen molar-refractivity contribution in [2.24, 2.45) is 0 Å². The quantitative estimate of drug-likeness (QED) is 0.563. The van der Waals surface area contributed by atoms with Gasteiger partial charge in [-0.25, -0.2) is 0 Å². The number of hydrogen-bond acceptors (Lipinski definition) is 3. The maximum atomic E-state index is 5.05. The zero-order valence-electron chi connectivity index (χ0n) is 6.09. The average Bonchev–Trinajstić information content (AvgIpc) is 1.88. The molecule has 0 fully saturated rings. The lowest BCUT2D eigenvalue weighted by molar-refractivity contribution is 0.194. The van der Waals surface area contributed by atoms with E-state index in [2.05, 4.69) is 0 Å². The van der Waals surface area contributed by atoms with Gasteiger partial charge >= 0.3 is 8.60 Å². The molecule has 0 amide bonds. The lowest BCUT2D eigenvalue weighted by Crippen LogP contribution is -1.91. The molecule has 0 N–H and O–H groups in total. The van der Waals surface area contributed by atoms with Gasteiger partial charge in [0.15, 0.2) is 0 Å². The fourth-order valence-electron chi connectivity index (χ4n) is 0.353. The molecule has 0 aliphatic heterocycles. The third-order valence-corrected chi connectivity index (χ3v) is 1.85. The summed E-state index contributed by atoms with van der Waals surface area (Å²) in [7, 11) is 0.522. The zero-order chi connectivity index (χ0) is 7.11. The Kier molecular flexibility index (Phi) is 6.65. The summed E-state index contributed by atoms with van der Waals surface area (Å²) in [4.78, 5) is 0. The Hall–Kier alpha value is 0.310. The van der Waals surface area contributed by atoms with Gasteiger partial charge in [0.2, 0.25) is 0 Å². The van der Waals surface area contributed by atoms with Crippen molar-refractivity contribution in [3.05, 3.63) is 0 Å². The fraction of sp³-hybridized carbons (Fsp3) is 1.00. The molecule has 0 aromatic carbocycles. The molecule has 0 unspecified atom stereocenters. The molecule has 0 aromatic heterocycles. The summed E-state index contributed by atoms with van der Waals surface area (Å²) in [5.74, 6) is 0. The van der Waals surface area contributed by atoms with Crippen LogP contribution in [-0.2, 0) is 13.6 Å². The Morgan fingerprint density at radius 1 is 1.11 bits per heavy atom. The van der Waals surface area contributed by atoms with Gasteiger partial charge in [0.25, 0.3) is 0 Å². The van der Waals surface area contributed by atoms with Crippen LogP contribution < -0.4 is 0 Å². The molecule has 56 valence electrons. The normalized spacial score (nSPS) is 10.7. The van der Waals surface area contributed by atoms with E-state index < -0.39 is 8.60 Å². The molecule has 0 saturated carbocycles. The molecule has 0 rings (SSSR count). The van der Waals surface area contributed by atoms with Gasteiger partial charge in [0.1, 0.15) is 0 Å². The van der Waals surface area contributed by atoms with Crippen LogP contribution >= 0.6 is 8.60 Å². The van der Waals surface area contributed by atoms with Crippen LogP contribution in [0.15, 0.2) is 0 Å². The third-order valence-electron chi connectivity index (χ3n) is 0.618. The van der Waals surface area contributed by atoms with E-state index in [1.165, 1.54) is 0 Å². The maximum Gasteiger partial charge on any atom is 0.332 e. The van der Waals surface area contributed by atoms with E-state index in [0.29, 0.717) is 13.2 Å². The van der Waals surface area contributed by atoms with Crippen molar-refractivity contribution in [2.45, 2.75) is 13.8 Å². The van der Waals surface area contributed by atoms with Gasteiger partial charge in [-0.15, -0.1) is 0 Å². The van der Waals surface area contributed by atoms with Crippen LogP contribution in [0.2, 0.25) is 0 Å². The van der Waals surface area contributed by atoms with Crippen molar-refractivity contribution in [1.82, 2.24) is 0 Å². The minimum atomic E-state index is -1.06. The maximum absolute atomic E-state index is 5.05. The van der Waals surface area contributed by atoms with Gasteiger partial charge in [-0.1, -0.05) is 0 Å². The van der Waals surface area contributed by atoms with E-state index in [1.54, 1.807) is 7.11 Å². The highest BCUT2D eigenvalue weighted by atomic mass is 31.2. The molecule has 3 nitrogen and oxygen atoms in total. The predicted molar refractivity (Wildman–Crippen MR) is 37.2 cm³/mol. The predicted octanol–water partition coefficient (Wildman–Crippen LogP) is 1.93. The molecule has 0 aromatic rings. The van der Waals surface area contributed by atoms with Gasteiger partial charge < -0.3 is 13.6 Å². The van der Waals surface area contributed by atoms with Gasteiger partial charge in [-0.3, -0.25) is 0 Å². The van der Waals surface area contributed by atoms with Crippen LogP contribution in [0, 0.1) is 0 Å². The van der Waals surface area contributed by atoms with Gasteiger partial charge in [-0.2, -0.15) is 0 Å². The van der Waals surface area contributed by atoms with Crippen molar-refractivity contribution >= 4 is 8.60 Å². The first kappa shape index (κ1) is 9.31. The van der Waals surface area contributed by atoms with Gasteiger partial charge in [0, 0.05) is 7.11 Å². The summed E-state index contributed by atoms with van der Waals surface area (Å²) in [6.45, 7) is 5.10. The van der Waals surface area contributed by atoms with Crippen molar-refractivity contribution < 1.29 is 13.6 Å². The molecule has 0 spiro atoms. The summed E-state index contributed by atoms with van der Waals surface area (Å²) in [5, 5.41) is 0. The van der Waals surface area contributed by atoms with Crippen LogP contribution in [0.5, 0.6) is 0 Å². The van der Waals surface area contributed by atoms with Crippen molar-refractivity contribution in [3.63, 3.8) is 0 Å². The van der Waals surface area contributed by atoms with Crippen LogP contribution in [0.1, 0.15) is 13.8 Å². The van der Waals surface area contributed by atoms with Crippen LogP contribution in [-0.4, -0.2) is 20.3 Å². The fourth-order valence-corrected chi connectivity index (χ4v) is 1.06. The molecule has 0 heterocycles. The highest BCUT2D eigenvalue weighted by molar-refractivity contribution is 7.41. The molecule has 9 heavy (non-hydrogen) atoms. The average molecular weight is 152 g/mol. The summed E-state index contributed by atoms with van der Waals surface area (Å²) < 4.78 is 15.0. The van der Waals surface area contributed by atoms with Crippen molar-refractivity contribution in [1.29, 1.82) is 0 Å². The molecular weight excluding hydrogens is 139 g/mol. The Morgan fingerprint density at radius 2 is 1.56 bits per heavy atom. The minimum Gasteiger partial charge on any atom is -0.316 e. The second kappa shape index (κ2) is 6.43. The highest BCUT2D eigenvalue weighted by Crippen LogP contribution is 2.37. The molecule has 4 heteroatoms. The van der Waals surface area contributed by atoms with Crippen LogP contribution in [0.25, 0.3) is 0 Å².